The molecular weight excluding hydrogens is 262 g/mol. The van der Waals surface area contributed by atoms with Gasteiger partial charge in [0.2, 0.25) is 0 Å². The van der Waals surface area contributed by atoms with Gasteiger partial charge in [0.25, 0.3) is 0 Å². The third-order valence-corrected chi connectivity index (χ3v) is 4.45. The largest absolute Gasteiger partial charge is 0.508 e. The lowest BCUT2D eigenvalue weighted by Gasteiger charge is -2.33. The van der Waals surface area contributed by atoms with Crippen LogP contribution in [0.3, 0.4) is 0 Å². The van der Waals surface area contributed by atoms with Crippen LogP contribution in [0.25, 0.3) is 10.8 Å². The number of piperidine rings is 1. The van der Waals surface area contributed by atoms with Crippen molar-refractivity contribution < 1.29 is 5.11 Å². The fourth-order valence-electron chi connectivity index (χ4n) is 3.17. The smallest absolute Gasteiger partial charge is 0.136 e. The third kappa shape index (κ3) is 3.10. The summed E-state index contributed by atoms with van der Waals surface area (Å²) in [4.78, 5) is 6.92. The Hall–Kier alpha value is -1.81. The number of nitrogens with one attached hydrogen (secondary N) is 1. The van der Waals surface area contributed by atoms with E-state index in [9.17, 15) is 5.11 Å². The van der Waals surface area contributed by atoms with Gasteiger partial charge in [0.15, 0.2) is 0 Å². The molecule has 112 valence electrons. The Bertz CT molecular complexity index is 606. The van der Waals surface area contributed by atoms with Gasteiger partial charge < -0.3 is 15.3 Å². The van der Waals surface area contributed by atoms with E-state index < -0.39 is 0 Å². The molecule has 4 heteroatoms. The summed E-state index contributed by atoms with van der Waals surface area (Å²) in [5.74, 6) is 2.13. The second kappa shape index (κ2) is 6.31. The standard InChI is InChI=1S/C17H23N3O/c1-18-8-4-13-6-10-20(11-7-13)17-16-12-15(21)3-2-14(16)5-9-19-17/h2-3,5,9,12-13,18,21H,4,6-8,10-11H2,1H3. The van der Waals surface area contributed by atoms with Crippen LogP contribution in [-0.4, -0.2) is 36.8 Å². The Morgan fingerprint density at radius 3 is 2.86 bits per heavy atom. The highest BCUT2D eigenvalue weighted by atomic mass is 16.3. The van der Waals surface area contributed by atoms with Crippen molar-refractivity contribution in [1.29, 1.82) is 0 Å². The molecule has 1 aromatic heterocycles. The average molecular weight is 285 g/mol. The van der Waals surface area contributed by atoms with Crippen LogP contribution in [0.1, 0.15) is 19.3 Å². The highest BCUT2D eigenvalue weighted by molar-refractivity contribution is 5.93. The number of phenolic OH excluding ortho intramolecular Hbond substituents is 1. The van der Waals surface area contributed by atoms with Crippen molar-refractivity contribution in [2.24, 2.45) is 5.92 Å². The van der Waals surface area contributed by atoms with Gasteiger partial charge in [0.05, 0.1) is 0 Å². The quantitative estimate of drug-likeness (QED) is 0.907. The van der Waals surface area contributed by atoms with Crippen LogP contribution in [0.15, 0.2) is 30.5 Å². The number of nitrogens with zero attached hydrogens (tertiary/aromatic N) is 2. The molecule has 1 aliphatic heterocycles. The van der Waals surface area contributed by atoms with Gasteiger partial charge in [-0.25, -0.2) is 4.98 Å². The highest BCUT2D eigenvalue weighted by Crippen LogP contribution is 2.31. The van der Waals surface area contributed by atoms with Gasteiger partial charge in [0.1, 0.15) is 11.6 Å². The molecule has 2 N–H and O–H groups in total. The number of benzene rings is 1. The summed E-state index contributed by atoms with van der Waals surface area (Å²) >= 11 is 0. The minimum atomic E-state index is 0.306. The lowest BCUT2D eigenvalue weighted by molar-refractivity contribution is 0.377. The Labute approximate surface area is 125 Å². The predicted octanol–water partition coefficient (Wildman–Crippen LogP) is 2.77. The number of hydrogen-bond donors (Lipinski definition) is 2. The maximum atomic E-state index is 9.74. The zero-order valence-electron chi connectivity index (χ0n) is 12.5. The van der Waals surface area contributed by atoms with Crippen molar-refractivity contribution in [2.45, 2.75) is 19.3 Å². The van der Waals surface area contributed by atoms with Crippen LogP contribution in [0.4, 0.5) is 5.82 Å². The Kier molecular flexibility index (Phi) is 4.25. The molecule has 3 rings (SSSR count). The number of anilines is 1. The summed E-state index contributed by atoms with van der Waals surface area (Å²) in [7, 11) is 2.02. The first-order chi connectivity index (χ1) is 10.3. The first kappa shape index (κ1) is 14.1. The maximum absolute atomic E-state index is 9.74. The minimum absolute atomic E-state index is 0.306. The lowest BCUT2D eigenvalue weighted by Crippen LogP contribution is -2.35. The maximum Gasteiger partial charge on any atom is 0.136 e. The van der Waals surface area contributed by atoms with Gasteiger partial charge in [0, 0.05) is 24.7 Å². The molecule has 1 aliphatic rings. The van der Waals surface area contributed by atoms with Crippen molar-refractivity contribution in [1.82, 2.24) is 10.3 Å². The number of rotatable bonds is 4. The van der Waals surface area contributed by atoms with Crippen LogP contribution < -0.4 is 10.2 Å². The Balaban J connectivity index is 1.78. The summed E-state index contributed by atoms with van der Waals surface area (Å²) in [5, 5.41) is 15.2. The lowest BCUT2D eigenvalue weighted by atomic mass is 9.93. The zero-order valence-corrected chi connectivity index (χ0v) is 12.5. The molecule has 1 aromatic carbocycles. The number of phenols is 1. The molecule has 2 aromatic rings. The molecule has 0 unspecified atom stereocenters. The number of aromatic hydroxyl groups is 1. The van der Waals surface area contributed by atoms with E-state index >= 15 is 0 Å². The van der Waals surface area contributed by atoms with E-state index in [0.29, 0.717) is 5.75 Å². The molecule has 2 heterocycles. The molecule has 21 heavy (non-hydrogen) atoms. The molecule has 1 saturated heterocycles. The number of pyridine rings is 1. The van der Waals surface area contributed by atoms with Gasteiger partial charge in [-0.2, -0.15) is 0 Å². The number of hydrogen-bond acceptors (Lipinski definition) is 4. The van der Waals surface area contributed by atoms with Gasteiger partial charge in [-0.1, -0.05) is 6.07 Å². The molecule has 0 spiro atoms. The van der Waals surface area contributed by atoms with E-state index in [1.165, 1.54) is 19.3 Å². The van der Waals surface area contributed by atoms with E-state index in [4.69, 9.17) is 0 Å². The number of fused-ring (bicyclic) bond motifs is 1. The molecule has 0 amide bonds. The normalized spacial score (nSPS) is 16.5. The van der Waals surface area contributed by atoms with Crippen molar-refractivity contribution in [3.8, 4) is 5.75 Å². The fraction of sp³-hybridized carbons (Fsp3) is 0.471. The van der Waals surface area contributed by atoms with Crippen molar-refractivity contribution in [3.05, 3.63) is 30.5 Å². The van der Waals surface area contributed by atoms with E-state index in [0.717, 1.165) is 42.1 Å². The van der Waals surface area contributed by atoms with E-state index in [1.807, 2.05) is 31.4 Å². The summed E-state index contributed by atoms with van der Waals surface area (Å²) in [6.45, 7) is 3.21. The molecule has 0 bridgehead atoms. The van der Waals surface area contributed by atoms with E-state index in [2.05, 4.69) is 15.2 Å². The molecule has 0 atom stereocenters. The second-order valence-corrected chi connectivity index (χ2v) is 5.86. The molecule has 0 saturated carbocycles. The summed E-state index contributed by atoms with van der Waals surface area (Å²) in [6, 6.07) is 7.51. The van der Waals surface area contributed by atoms with Gasteiger partial charge in [-0.15, -0.1) is 0 Å². The van der Waals surface area contributed by atoms with E-state index in [-0.39, 0.29) is 0 Å². The fourth-order valence-corrected chi connectivity index (χ4v) is 3.17. The van der Waals surface area contributed by atoms with Crippen LogP contribution >= 0.6 is 0 Å². The SMILES string of the molecule is CNCCC1CCN(c2nccc3ccc(O)cc23)CC1. The van der Waals surface area contributed by atoms with Crippen molar-refractivity contribution in [2.75, 3.05) is 31.6 Å². The molecule has 4 nitrogen and oxygen atoms in total. The van der Waals surface area contributed by atoms with Gasteiger partial charge in [-0.05, 0) is 62.4 Å². The van der Waals surface area contributed by atoms with Crippen molar-refractivity contribution >= 4 is 16.6 Å². The average Bonchev–Trinajstić information content (AvgIpc) is 2.53. The molecule has 0 radical (unpaired) electrons. The van der Waals surface area contributed by atoms with Crippen LogP contribution in [0.5, 0.6) is 5.75 Å². The van der Waals surface area contributed by atoms with Crippen LogP contribution in [0.2, 0.25) is 0 Å². The predicted molar refractivity (Wildman–Crippen MR) is 86.9 cm³/mol. The molecular formula is C17H23N3O. The highest BCUT2D eigenvalue weighted by Gasteiger charge is 2.21. The zero-order chi connectivity index (χ0) is 14.7. The van der Waals surface area contributed by atoms with E-state index in [1.54, 1.807) is 6.07 Å². The summed E-state index contributed by atoms with van der Waals surface area (Å²) in [6.07, 6.45) is 5.56. The topological polar surface area (TPSA) is 48.4 Å². The van der Waals surface area contributed by atoms with Gasteiger partial charge in [-0.3, -0.25) is 0 Å². The summed E-state index contributed by atoms with van der Waals surface area (Å²) < 4.78 is 0. The monoisotopic (exact) mass is 285 g/mol. The first-order valence-corrected chi connectivity index (χ1v) is 7.75. The van der Waals surface area contributed by atoms with Gasteiger partial charge >= 0.3 is 0 Å². The molecule has 1 fully saturated rings. The van der Waals surface area contributed by atoms with Crippen LogP contribution in [-0.2, 0) is 0 Å². The Morgan fingerprint density at radius 2 is 2.10 bits per heavy atom. The summed E-state index contributed by atoms with van der Waals surface area (Å²) in [5.41, 5.74) is 0. The second-order valence-electron chi connectivity index (χ2n) is 5.86. The minimum Gasteiger partial charge on any atom is -0.508 e. The third-order valence-electron chi connectivity index (χ3n) is 4.45. The van der Waals surface area contributed by atoms with Crippen molar-refractivity contribution in [3.63, 3.8) is 0 Å². The first-order valence-electron chi connectivity index (χ1n) is 7.75. The number of aromatic nitrogens is 1. The van der Waals surface area contributed by atoms with Crippen LogP contribution in [0, 0.1) is 5.92 Å². The molecule has 0 aliphatic carbocycles. The Morgan fingerprint density at radius 1 is 1.29 bits per heavy atom.